The maximum Gasteiger partial charge on any atom is 0.266 e. The van der Waals surface area contributed by atoms with Gasteiger partial charge in [-0.3, -0.25) is 9.59 Å². The first-order chi connectivity index (χ1) is 10.4. The molecule has 0 aliphatic carbocycles. The van der Waals surface area contributed by atoms with E-state index in [0.29, 0.717) is 22.4 Å². The summed E-state index contributed by atoms with van der Waals surface area (Å²) in [4.78, 5) is 25.8. The molecule has 0 aromatic heterocycles. The zero-order valence-electron chi connectivity index (χ0n) is 11.8. The number of sulfone groups is 1. The van der Waals surface area contributed by atoms with Crippen LogP contribution in [0.3, 0.4) is 0 Å². The van der Waals surface area contributed by atoms with Gasteiger partial charge in [-0.1, -0.05) is 24.3 Å². The molecule has 5 nitrogen and oxygen atoms in total. The van der Waals surface area contributed by atoms with E-state index in [2.05, 4.69) is 0 Å². The van der Waals surface area contributed by atoms with Crippen LogP contribution in [0, 0.1) is 0 Å². The number of rotatable bonds is 3. The van der Waals surface area contributed by atoms with Crippen LogP contribution in [0.5, 0.6) is 0 Å². The molecule has 0 radical (unpaired) electrons. The van der Waals surface area contributed by atoms with Crippen LogP contribution in [0.2, 0.25) is 0 Å². The minimum Gasteiger partial charge on any atom is -0.268 e. The van der Waals surface area contributed by atoms with Crippen LogP contribution in [-0.4, -0.2) is 26.5 Å². The van der Waals surface area contributed by atoms with Crippen molar-refractivity contribution in [3.8, 4) is 0 Å². The Morgan fingerprint density at radius 2 is 1.36 bits per heavy atom. The van der Waals surface area contributed by atoms with E-state index in [-0.39, 0.29) is 17.6 Å². The molecule has 2 aromatic rings. The van der Waals surface area contributed by atoms with E-state index < -0.39 is 9.84 Å². The Balaban J connectivity index is 1.93. The molecular weight excluding hydrogens is 302 g/mol. The van der Waals surface area contributed by atoms with Gasteiger partial charge in [0.2, 0.25) is 0 Å². The highest BCUT2D eigenvalue weighted by Gasteiger charge is 2.36. The third-order valence-corrected chi connectivity index (χ3v) is 4.28. The van der Waals surface area contributed by atoms with Crippen molar-refractivity contribution in [2.45, 2.75) is 5.75 Å². The van der Waals surface area contributed by atoms with Crippen LogP contribution in [0.4, 0.5) is 5.69 Å². The fourth-order valence-electron chi connectivity index (χ4n) is 2.47. The molecule has 0 unspecified atom stereocenters. The number of imide groups is 1. The standard InChI is InChI=1S/C16H13NO4S/c1-22(20,21)10-11-6-8-12(9-7-11)17-15(18)13-4-2-3-5-14(13)16(17)19/h2-9H,10H2,1H3. The summed E-state index contributed by atoms with van der Waals surface area (Å²) in [6.07, 6.45) is 1.16. The van der Waals surface area contributed by atoms with Gasteiger partial charge in [-0.15, -0.1) is 0 Å². The van der Waals surface area contributed by atoms with Gasteiger partial charge in [-0.05, 0) is 29.8 Å². The van der Waals surface area contributed by atoms with E-state index in [4.69, 9.17) is 0 Å². The number of hydrogen-bond acceptors (Lipinski definition) is 4. The van der Waals surface area contributed by atoms with Gasteiger partial charge in [0.1, 0.15) is 0 Å². The molecule has 2 aromatic carbocycles. The molecule has 0 spiro atoms. The van der Waals surface area contributed by atoms with Crippen LogP contribution >= 0.6 is 0 Å². The molecule has 1 aliphatic rings. The lowest BCUT2D eigenvalue weighted by molar-refractivity contribution is 0.0926. The highest BCUT2D eigenvalue weighted by Crippen LogP contribution is 2.28. The zero-order chi connectivity index (χ0) is 15.9. The van der Waals surface area contributed by atoms with E-state index in [9.17, 15) is 18.0 Å². The van der Waals surface area contributed by atoms with Gasteiger partial charge in [0.05, 0.1) is 22.6 Å². The molecule has 6 heteroatoms. The minimum atomic E-state index is -3.12. The maximum atomic E-state index is 12.3. The molecule has 0 saturated carbocycles. The number of carbonyl (C=O) groups is 2. The van der Waals surface area contributed by atoms with Crippen LogP contribution < -0.4 is 4.90 Å². The second kappa shape index (κ2) is 5.06. The number of amides is 2. The summed E-state index contributed by atoms with van der Waals surface area (Å²) in [5.41, 5.74) is 1.81. The highest BCUT2D eigenvalue weighted by molar-refractivity contribution is 7.89. The quantitative estimate of drug-likeness (QED) is 0.813. The zero-order valence-corrected chi connectivity index (χ0v) is 12.6. The molecule has 0 fully saturated rings. The largest absolute Gasteiger partial charge is 0.268 e. The molecule has 112 valence electrons. The van der Waals surface area contributed by atoms with Crippen molar-refractivity contribution in [3.63, 3.8) is 0 Å². The van der Waals surface area contributed by atoms with E-state index in [1.807, 2.05) is 0 Å². The summed E-state index contributed by atoms with van der Waals surface area (Å²) in [6, 6.07) is 13.1. The van der Waals surface area contributed by atoms with Gasteiger partial charge in [0, 0.05) is 6.26 Å². The molecule has 2 amide bonds. The molecule has 1 aliphatic heterocycles. The highest BCUT2D eigenvalue weighted by atomic mass is 32.2. The summed E-state index contributed by atoms with van der Waals surface area (Å²) in [5, 5.41) is 0. The normalized spacial score (nSPS) is 14.3. The summed E-state index contributed by atoms with van der Waals surface area (Å²) in [5.74, 6) is -0.803. The van der Waals surface area contributed by atoms with Crippen molar-refractivity contribution in [2.24, 2.45) is 0 Å². The lowest BCUT2D eigenvalue weighted by Crippen LogP contribution is -2.29. The van der Waals surface area contributed by atoms with E-state index >= 15 is 0 Å². The van der Waals surface area contributed by atoms with E-state index in [1.165, 1.54) is 0 Å². The van der Waals surface area contributed by atoms with Gasteiger partial charge in [-0.25, -0.2) is 13.3 Å². The average Bonchev–Trinajstić information content (AvgIpc) is 2.71. The Kier molecular flexibility index (Phi) is 3.33. The summed E-state index contributed by atoms with van der Waals surface area (Å²) in [7, 11) is -3.12. The fraction of sp³-hybridized carbons (Fsp3) is 0.125. The summed E-state index contributed by atoms with van der Waals surface area (Å²) >= 11 is 0. The van der Waals surface area contributed by atoms with Crippen molar-refractivity contribution in [3.05, 3.63) is 65.2 Å². The lowest BCUT2D eigenvalue weighted by atomic mass is 10.1. The number of hydrogen-bond donors (Lipinski definition) is 0. The second-order valence-corrected chi connectivity index (χ2v) is 7.37. The van der Waals surface area contributed by atoms with Crippen LogP contribution in [0.15, 0.2) is 48.5 Å². The van der Waals surface area contributed by atoms with Crippen molar-refractivity contribution >= 4 is 27.3 Å². The van der Waals surface area contributed by atoms with E-state index in [0.717, 1.165) is 11.2 Å². The van der Waals surface area contributed by atoms with Crippen molar-refractivity contribution in [1.29, 1.82) is 0 Å². The molecule has 1 heterocycles. The predicted molar refractivity (Wildman–Crippen MR) is 82.6 cm³/mol. The molecule has 22 heavy (non-hydrogen) atoms. The first kappa shape index (κ1) is 14.5. The molecule has 0 bridgehead atoms. The van der Waals surface area contributed by atoms with Gasteiger partial charge in [-0.2, -0.15) is 0 Å². The number of nitrogens with zero attached hydrogens (tertiary/aromatic N) is 1. The molecule has 0 saturated heterocycles. The number of anilines is 1. The first-order valence-corrected chi connectivity index (χ1v) is 8.67. The Labute approximate surface area is 128 Å². The first-order valence-electron chi connectivity index (χ1n) is 6.61. The molecule has 3 rings (SSSR count). The molecule has 0 atom stereocenters. The van der Waals surface area contributed by atoms with E-state index in [1.54, 1.807) is 48.5 Å². The Bertz CT molecular complexity index is 834. The Hall–Kier alpha value is -2.47. The maximum absolute atomic E-state index is 12.3. The van der Waals surface area contributed by atoms with Crippen LogP contribution in [0.25, 0.3) is 0 Å². The van der Waals surface area contributed by atoms with Crippen LogP contribution in [-0.2, 0) is 15.6 Å². The monoisotopic (exact) mass is 315 g/mol. The smallest absolute Gasteiger partial charge is 0.266 e. The summed E-state index contributed by atoms with van der Waals surface area (Å²) < 4.78 is 22.6. The minimum absolute atomic E-state index is 0.0740. The molecular formula is C16H13NO4S. The topological polar surface area (TPSA) is 71.5 Å². The van der Waals surface area contributed by atoms with Crippen molar-refractivity contribution in [2.75, 3.05) is 11.2 Å². The van der Waals surface area contributed by atoms with Crippen molar-refractivity contribution < 1.29 is 18.0 Å². The SMILES string of the molecule is CS(=O)(=O)Cc1ccc(N2C(=O)c3ccccc3C2=O)cc1. The second-order valence-electron chi connectivity index (χ2n) is 5.23. The fourth-order valence-corrected chi connectivity index (χ4v) is 3.27. The number of fused-ring (bicyclic) bond motifs is 1. The molecule has 0 N–H and O–H groups in total. The van der Waals surface area contributed by atoms with Crippen molar-refractivity contribution in [1.82, 2.24) is 0 Å². The lowest BCUT2D eigenvalue weighted by Gasteiger charge is -2.14. The number of benzene rings is 2. The predicted octanol–water partition coefficient (Wildman–Crippen LogP) is 2.03. The van der Waals surface area contributed by atoms with Crippen LogP contribution in [0.1, 0.15) is 26.3 Å². The van der Waals surface area contributed by atoms with Gasteiger partial charge >= 0.3 is 0 Å². The third kappa shape index (κ3) is 2.53. The number of carbonyl (C=O) groups excluding carboxylic acids is 2. The van der Waals surface area contributed by atoms with Gasteiger partial charge < -0.3 is 0 Å². The average molecular weight is 315 g/mol. The Morgan fingerprint density at radius 1 is 0.864 bits per heavy atom. The van der Waals surface area contributed by atoms with Gasteiger partial charge in [0.25, 0.3) is 11.8 Å². The Morgan fingerprint density at radius 3 is 1.82 bits per heavy atom. The summed E-state index contributed by atoms with van der Waals surface area (Å²) in [6.45, 7) is 0. The van der Waals surface area contributed by atoms with Gasteiger partial charge in [0.15, 0.2) is 9.84 Å². The third-order valence-electron chi connectivity index (χ3n) is 3.42.